The molecule has 0 saturated heterocycles. The highest BCUT2D eigenvalue weighted by Crippen LogP contribution is 2.25. The maximum atomic E-state index is 12.2. The van der Waals surface area contributed by atoms with Gasteiger partial charge in [-0.2, -0.15) is 0 Å². The van der Waals surface area contributed by atoms with Gasteiger partial charge in [0.25, 0.3) is 5.91 Å². The summed E-state index contributed by atoms with van der Waals surface area (Å²) in [5.74, 6) is 0.779. The van der Waals surface area contributed by atoms with Gasteiger partial charge in [0.2, 0.25) is 0 Å². The Morgan fingerprint density at radius 2 is 2.14 bits per heavy atom. The number of rotatable bonds is 6. The summed E-state index contributed by atoms with van der Waals surface area (Å²) in [5, 5.41) is 3.08. The number of ether oxygens (including phenoxy) is 1. The van der Waals surface area contributed by atoms with Crippen molar-refractivity contribution in [2.45, 2.75) is 58.1 Å². The Bertz CT molecular complexity index is 482. The summed E-state index contributed by atoms with van der Waals surface area (Å²) in [6.45, 7) is 4.38. The summed E-state index contributed by atoms with van der Waals surface area (Å²) >= 11 is 0. The highest BCUT2D eigenvalue weighted by Gasteiger charge is 2.22. The summed E-state index contributed by atoms with van der Waals surface area (Å²) in [5.41, 5.74) is 7.75. The third-order valence-corrected chi connectivity index (χ3v) is 4.07. The van der Waals surface area contributed by atoms with Crippen LogP contribution in [0.15, 0.2) is 18.2 Å². The number of para-hydroxylation sites is 1. The molecule has 1 saturated carbocycles. The van der Waals surface area contributed by atoms with Gasteiger partial charge in [0.1, 0.15) is 5.75 Å². The molecular weight excluding hydrogens is 264 g/mol. The number of amides is 1. The lowest BCUT2D eigenvalue weighted by molar-refractivity contribution is -0.128. The van der Waals surface area contributed by atoms with Crippen molar-refractivity contribution in [2.24, 2.45) is 5.73 Å². The van der Waals surface area contributed by atoms with Gasteiger partial charge in [-0.15, -0.1) is 0 Å². The lowest BCUT2D eigenvalue weighted by atomic mass is 10.1. The van der Waals surface area contributed by atoms with Crippen molar-refractivity contribution in [3.63, 3.8) is 0 Å². The Kier molecular flexibility index (Phi) is 5.62. The van der Waals surface area contributed by atoms with Crippen LogP contribution < -0.4 is 15.8 Å². The van der Waals surface area contributed by atoms with Crippen molar-refractivity contribution >= 4 is 5.91 Å². The van der Waals surface area contributed by atoms with E-state index in [9.17, 15) is 4.79 Å². The molecule has 3 N–H and O–H groups in total. The van der Waals surface area contributed by atoms with Gasteiger partial charge < -0.3 is 15.8 Å². The van der Waals surface area contributed by atoms with Crippen molar-refractivity contribution in [2.75, 3.05) is 6.54 Å². The van der Waals surface area contributed by atoms with E-state index < -0.39 is 6.10 Å². The number of hydrogen-bond donors (Lipinski definition) is 2. The van der Waals surface area contributed by atoms with Crippen LogP contribution in [0.4, 0.5) is 0 Å². The van der Waals surface area contributed by atoms with Gasteiger partial charge in [0.15, 0.2) is 6.10 Å². The van der Waals surface area contributed by atoms with Gasteiger partial charge in [0, 0.05) is 6.04 Å². The molecule has 2 rings (SSSR count). The van der Waals surface area contributed by atoms with Crippen molar-refractivity contribution in [1.29, 1.82) is 0 Å². The Labute approximate surface area is 127 Å². The fourth-order valence-corrected chi connectivity index (χ4v) is 2.85. The zero-order chi connectivity index (χ0) is 15.2. The molecule has 1 unspecified atom stereocenters. The largest absolute Gasteiger partial charge is 0.480 e. The Hall–Kier alpha value is -1.55. The molecule has 1 fully saturated rings. The first-order chi connectivity index (χ1) is 10.1. The zero-order valence-electron chi connectivity index (χ0n) is 13.0. The van der Waals surface area contributed by atoms with E-state index in [2.05, 4.69) is 5.32 Å². The number of benzene rings is 1. The maximum Gasteiger partial charge on any atom is 0.260 e. The lowest BCUT2D eigenvalue weighted by Crippen LogP contribution is -2.41. The SMILES string of the molecule is Cc1cccc(CCN)c1OC(C)C(=O)NC1CCCC1. The van der Waals surface area contributed by atoms with Crippen LogP contribution in [0.2, 0.25) is 0 Å². The molecule has 1 aromatic carbocycles. The fraction of sp³-hybridized carbons (Fsp3) is 0.588. The molecule has 0 spiro atoms. The van der Waals surface area contributed by atoms with E-state index in [1.165, 1.54) is 12.8 Å². The smallest absolute Gasteiger partial charge is 0.260 e. The van der Waals surface area contributed by atoms with Crippen LogP contribution in [0.1, 0.15) is 43.7 Å². The molecule has 1 atom stereocenters. The molecule has 1 aliphatic rings. The molecular formula is C17H26N2O2. The first kappa shape index (κ1) is 15.8. The molecule has 21 heavy (non-hydrogen) atoms. The quantitative estimate of drug-likeness (QED) is 0.845. The highest BCUT2D eigenvalue weighted by atomic mass is 16.5. The lowest BCUT2D eigenvalue weighted by Gasteiger charge is -2.21. The third-order valence-electron chi connectivity index (χ3n) is 4.07. The highest BCUT2D eigenvalue weighted by molar-refractivity contribution is 5.81. The van der Waals surface area contributed by atoms with Gasteiger partial charge in [-0.3, -0.25) is 4.79 Å². The molecule has 116 valence electrons. The van der Waals surface area contributed by atoms with Gasteiger partial charge in [0.05, 0.1) is 0 Å². The molecule has 0 bridgehead atoms. The molecule has 0 heterocycles. The minimum Gasteiger partial charge on any atom is -0.480 e. The van der Waals surface area contributed by atoms with Crippen LogP contribution in [0.3, 0.4) is 0 Å². The van der Waals surface area contributed by atoms with Gasteiger partial charge in [-0.1, -0.05) is 31.0 Å². The Morgan fingerprint density at radius 1 is 1.43 bits per heavy atom. The predicted octanol–water partition coefficient (Wildman–Crippen LogP) is 2.32. The zero-order valence-corrected chi connectivity index (χ0v) is 13.0. The summed E-state index contributed by atoms with van der Waals surface area (Å²) in [4.78, 5) is 12.2. The molecule has 4 nitrogen and oxygen atoms in total. The molecule has 0 aromatic heterocycles. The van der Waals surface area contributed by atoms with Crippen LogP contribution >= 0.6 is 0 Å². The van der Waals surface area contributed by atoms with Crippen LogP contribution in [0.25, 0.3) is 0 Å². The van der Waals surface area contributed by atoms with E-state index in [4.69, 9.17) is 10.5 Å². The molecule has 1 aliphatic carbocycles. The minimum atomic E-state index is -0.483. The second-order valence-electron chi connectivity index (χ2n) is 5.85. The summed E-state index contributed by atoms with van der Waals surface area (Å²) < 4.78 is 5.93. The number of nitrogens with two attached hydrogens (primary N) is 1. The van der Waals surface area contributed by atoms with Crippen molar-refractivity contribution in [1.82, 2.24) is 5.32 Å². The predicted molar refractivity (Wildman–Crippen MR) is 84.4 cm³/mol. The number of carbonyl (C=O) groups excluding carboxylic acids is 1. The van der Waals surface area contributed by atoms with E-state index in [1.807, 2.05) is 32.0 Å². The molecule has 0 radical (unpaired) electrons. The average Bonchev–Trinajstić information content (AvgIpc) is 2.95. The topological polar surface area (TPSA) is 64.3 Å². The van der Waals surface area contributed by atoms with Gasteiger partial charge in [-0.25, -0.2) is 0 Å². The number of carbonyl (C=O) groups is 1. The van der Waals surface area contributed by atoms with E-state index in [0.717, 1.165) is 36.1 Å². The van der Waals surface area contributed by atoms with E-state index in [1.54, 1.807) is 0 Å². The molecule has 0 aliphatic heterocycles. The van der Waals surface area contributed by atoms with Crippen molar-refractivity contribution in [3.05, 3.63) is 29.3 Å². The number of nitrogens with one attached hydrogen (secondary N) is 1. The number of aryl methyl sites for hydroxylation is 1. The maximum absolute atomic E-state index is 12.2. The monoisotopic (exact) mass is 290 g/mol. The Morgan fingerprint density at radius 3 is 2.81 bits per heavy atom. The van der Waals surface area contributed by atoms with Gasteiger partial charge in [-0.05, 0) is 50.8 Å². The summed E-state index contributed by atoms with van der Waals surface area (Å²) in [7, 11) is 0. The second-order valence-corrected chi connectivity index (χ2v) is 5.85. The van der Waals surface area contributed by atoms with Crippen molar-refractivity contribution < 1.29 is 9.53 Å². The minimum absolute atomic E-state index is 0.0242. The summed E-state index contributed by atoms with van der Waals surface area (Å²) in [6, 6.07) is 6.33. The molecule has 4 heteroatoms. The number of hydrogen-bond acceptors (Lipinski definition) is 3. The first-order valence-electron chi connectivity index (χ1n) is 7.87. The van der Waals surface area contributed by atoms with E-state index in [-0.39, 0.29) is 5.91 Å². The second kappa shape index (κ2) is 7.46. The fourth-order valence-electron chi connectivity index (χ4n) is 2.85. The molecule has 1 aromatic rings. The van der Waals surface area contributed by atoms with Crippen LogP contribution in [0.5, 0.6) is 5.75 Å². The standard InChI is InChI=1S/C17H26N2O2/c1-12-6-5-7-14(10-11-18)16(12)21-13(2)17(20)19-15-8-3-4-9-15/h5-7,13,15H,3-4,8-11,18H2,1-2H3,(H,19,20). The summed E-state index contributed by atoms with van der Waals surface area (Å²) in [6.07, 6.45) is 4.86. The normalized spacial score (nSPS) is 16.7. The van der Waals surface area contributed by atoms with E-state index >= 15 is 0 Å². The third kappa shape index (κ3) is 4.21. The Balaban J connectivity index is 2.01. The van der Waals surface area contributed by atoms with Crippen LogP contribution in [0, 0.1) is 6.92 Å². The molecule has 1 amide bonds. The first-order valence-corrected chi connectivity index (χ1v) is 7.87. The van der Waals surface area contributed by atoms with Gasteiger partial charge >= 0.3 is 0 Å². The van der Waals surface area contributed by atoms with Crippen molar-refractivity contribution in [3.8, 4) is 5.75 Å². The van der Waals surface area contributed by atoms with Crippen LogP contribution in [-0.2, 0) is 11.2 Å². The van der Waals surface area contributed by atoms with Crippen LogP contribution in [-0.4, -0.2) is 24.6 Å². The van der Waals surface area contributed by atoms with E-state index in [0.29, 0.717) is 12.6 Å². The average molecular weight is 290 g/mol.